The van der Waals surface area contributed by atoms with Crippen LogP contribution in [0.2, 0.25) is 0 Å². The molecule has 0 bridgehead atoms. The van der Waals surface area contributed by atoms with E-state index in [1.54, 1.807) is 6.07 Å². The number of amides is 1. The first kappa shape index (κ1) is 13.6. The Morgan fingerprint density at radius 1 is 1.63 bits per heavy atom. The Hall–Kier alpha value is -1.82. The third kappa shape index (κ3) is 3.35. The van der Waals surface area contributed by atoms with Gasteiger partial charge in [0.1, 0.15) is 5.82 Å². The maximum Gasteiger partial charge on any atom is 0.252 e. The van der Waals surface area contributed by atoms with Crippen LogP contribution in [0.1, 0.15) is 23.7 Å². The average Bonchev–Trinajstić information content (AvgIpc) is 2.85. The van der Waals surface area contributed by atoms with Crippen LogP contribution >= 0.6 is 0 Å². The van der Waals surface area contributed by atoms with Crippen molar-refractivity contribution >= 4 is 17.4 Å². The SMILES string of the molecule is CCN1CCC(CNc2ncc(N)cc2C(N)=O)C1. The lowest BCUT2D eigenvalue weighted by molar-refractivity contribution is 0.100. The Kier molecular flexibility index (Phi) is 4.21. The molecule has 6 heteroatoms. The molecule has 2 rings (SSSR count). The molecule has 1 aliphatic rings. The highest BCUT2D eigenvalue weighted by Crippen LogP contribution is 2.19. The van der Waals surface area contributed by atoms with Crippen LogP contribution in [0.15, 0.2) is 12.3 Å². The molecule has 1 unspecified atom stereocenters. The van der Waals surface area contributed by atoms with Crippen molar-refractivity contribution in [1.29, 1.82) is 0 Å². The molecule has 1 atom stereocenters. The fourth-order valence-corrected chi connectivity index (χ4v) is 2.42. The van der Waals surface area contributed by atoms with Gasteiger partial charge in [-0.3, -0.25) is 4.79 Å². The molecule has 1 aromatic heterocycles. The largest absolute Gasteiger partial charge is 0.397 e. The van der Waals surface area contributed by atoms with Gasteiger partial charge in [-0.1, -0.05) is 6.92 Å². The fourth-order valence-electron chi connectivity index (χ4n) is 2.42. The van der Waals surface area contributed by atoms with Gasteiger partial charge in [-0.2, -0.15) is 0 Å². The van der Waals surface area contributed by atoms with E-state index in [2.05, 4.69) is 22.1 Å². The summed E-state index contributed by atoms with van der Waals surface area (Å²) in [4.78, 5) is 17.9. The van der Waals surface area contributed by atoms with Crippen LogP contribution in [0, 0.1) is 5.92 Å². The molecule has 1 aromatic rings. The Balaban J connectivity index is 1.98. The van der Waals surface area contributed by atoms with E-state index in [1.165, 1.54) is 12.6 Å². The zero-order valence-electron chi connectivity index (χ0n) is 11.2. The maximum absolute atomic E-state index is 11.3. The number of likely N-dealkylation sites (tertiary alicyclic amines) is 1. The first-order valence-electron chi connectivity index (χ1n) is 6.61. The summed E-state index contributed by atoms with van der Waals surface area (Å²) in [6.07, 6.45) is 2.70. The third-order valence-corrected chi connectivity index (χ3v) is 3.55. The molecule has 1 amide bonds. The van der Waals surface area contributed by atoms with E-state index in [0.29, 0.717) is 23.0 Å². The molecule has 0 aliphatic carbocycles. The number of carbonyl (C=O) groups excluding carboxylic acids is 1. The number of rotatable bonds is 5. The minimum atomic E-state index is -0.510. The van der Waals surface area contributed by atoms with Gasteiger partial charge in [0.25, 0.3) is 5.91 Å². The number of carbonyl (C=O) groups is 1. The number of nitrogens with zero attached hydrogens (tertiary/aromatic N) is 2. The summed E-state index contributed by atoms with van der Waals surface area (Å²) in [5.41, 5.74) is 11.7. The van der Waals surface area contributed by atoms with Gasteiger partial charge < -0.3 is 21.7 Å². The number of hydrogen-bond donors (Lipinski definition) is 3. The summed E-state index contributed by atoms with van der Waals surface area (Å²) in [6.45, 7) is 6.28. The molecule has 19 heavy (non-hydrogen) atoms. The minimum absolute atomic E-state index is 0.352. The first-order chi connectivity index (χ1) is 9.10. The van der Waals surface area contributed by atoms with E-state index in [0.717, 1.165) is 26.2 Å². The zero-order valence-corrected chi connectivity index (χ0v) is 11.2. The Morgan fingerprint density at radius 2 is 2.42 bits per heavy atom. The van der Waals surface area contributed by atoms with E-state index >= 15 is 0 Å². The van der Waals surface area contributed by atoms with E-state index < -0.39 is 5.91 Å². The number of nitrogens with two attached hydrogens (primary N) is 2. The topological polar surface area (TPSA) is 97.3 Å². The van der Waals surface area contributed by atoms with Gasteiger partial charge in [-0.15, -0.1) is 0 Å². The van der Waals surface area contributed by atoms with Gasteiger partial charge in [0.15, 0.2) is 0 Å². The van der Waals surface area contributed by atoms with Crippen LogP contribution in [0.3, 0.4) is 0 Å². The second-order valence-electron chi connectivity index (χ2n) is 4.96. The van der Waals surface area contributed by atoms with Gasteiger partial charge in [-0.05, 0) is 31.5 Å². The standard InChI is InChI=1S/C13H21N5O/c1-2-18-4-3-9(8-18)6-16-13-11(12(15)19)5-10(14)7-17-13/h5,7,9H,2-4,6,8,14H2,1H3,(H2,15,19)(H,16,17). The molecule has 2 heterocycles. The summed E-state index contributed by atoms with van der Waals surface area (Å²) in [5, 5.41) is 3.21. The molecule has 5 N–H and O–H groups in total. The highest BCUT2D eigenvalue weighted by atomic mass is 16.1. The van der Waals surface area contributed by atoms with Gasteiger partial charge in [0, 0.05) is 13.1 Å². The van der Waals surface area contributed by atoms with E-state index in [4.69, 9.17) is 11.5 Å². The number of primary amides is 1. The highest BCUT2D eigenvalue weighted by molar-refractivity contribution is 5.98. The highest BCUT2D eigenvalue weighted by Gasteiger charge is 2.21. The van der Waals surface area contributed by atoms with Crippen LogP contribution in [-0.4, -0.2) is 42.0 Å². The fraction of sp³-hybridized carbons (Fsp3) is 0.538. The van der Waals surface area contributed by atoms with Gasteiger partial charge in [-0.25, -0.2) is 4.98 Å². The quantitative estimate of drug-likeness (QED) is 0.719. The maximum atomic E-state index is 11.3. The van der Waals surface area contributed by atoms with Crippen molar-refractivity contribution in [3.63, 3.8) is 0 Å². The Labute approximate surface area is 113 Å². The number of pyridine rings is 1. The Morgan fingerprint density at radius 3 is 3.05 bits per heavy atom. The van der Waals surface area contributed by atoms with E-state index in [9.17, 15) is 4.79 Å². The van der Waals surface area contributed by atoms with Gasteiger partial charge in [0.2, 0.25) is 0 Å². The summed E-state index contributed by atoms with van der Waals surface area (Å²) in [6, 6.07) is 1.56. The summed E-state index contributed by atoms with van der Waals surface area (Å²) in [5.74, 6) is 0.598. The number of hydrogen-bond acceptors (Lipinski definition) is 5. The molecular weight excluding hydrogens is 242 g/mol. The van der Waals surface area contributed by atoms with Crippen LogP contribution in [0.5, 0.6) is 0 Å². The average molecular weight is 263 g/mol. The lowest BCUT2D eigenvalue weighted by Crippen LogP contribution is -2.23. The number of nitrogen functional groups attached to an aromatic ring is 1. The lowest BCUT2D eigenvalue weighted by atomic mass is 10.1. The van der Waals surface area contributed by atoms with Crippen LogP contribution in [0.25, 0.3) is 0 Å². The molecule has 6 nitrogen and oxygen atoms in total. The first-order valence-corrected chi connectivity index (χ1v) is 6.61. The normalized spacial score (nSPS) is 19.5. The second-order valence-corrected chi connectivity index (χ2v) is 4.96. The van der Waals surface area contributed by atoms with E-state index in [-0.39, 0.29) is 0 Å². The monoisotopic (exact) mass is 263 g/mol. The van der Waals surface area contributed by atoms with Crippen molar-refractivity contribution < 1.29 is 4.79 Å². The Bertz CT molecular complexity index is 462. The minimum Gasteiger partial charge on any atom is -0.397 e. The molecule has 0 aromatic carbocycles. The molecule has 1 saturated heterocycles. The van der Waals surface area contributed by atoms with Crippen LogP contribution < -0.4 is 16.8 Å². The molecular formula is C13H21N5O. The van der Waals surface area contributed by atoms with Crippen LogP contribution in [-0.2, 0) is 0 Å². The lowest BCUT2D eigenvalue weighted by Gasteiger charge is -2.15. The van der Waals surface area contributed by atoms with Crippen molar-refractivity contribution in [2.75, 3.05) is 37.2 Å². The summed E-state index contributed by atoms with van der Waals surface area (Å²) in [7, 11) is 0. The molecule has 0 spiro atoms. The van der Waals surface area contributed by atoms with Crippen LogP contribution in [0.4, 0.5) is 11.5 Å². The van der Waals surface area contributed by atoms with Crippen molar-refractivity contribution in [2.24, 2.45) is 11.7 Å². The number of nitrogens with one attached hydrogen (secondary N) is 1. The van der Waals surface area contributed by atoms with Gasteiger partial charge in [0.05, 0.1) is 17.4 Å². The van der Waals surface area contributed by atoms with Crippen molar-refractivity contribution in [1.82, 2.24) is 9.88 Å². The molecule has 1 fully saturated rings. The molecule has 0 saturated carbocycles. The van der Waals surface area contributed by atoms with E-state index in [1.807, 2.05) is 0 Å². The summed E-state index contributed by atoms with van der Waals surface area (Å²) < 4.78 is 0. The molecule has 0 radical (unpaired) electrons. The molecule has 1 aliphatic heterocycles. The van der Waals surface area contributed by atoms with Crippen molar-refractivity contribution in [2.45, 2.75) is 13.3 Å². The van der Waals surface area contributed by atoms with Crippen molar-refractivity contribution in [3.8, 4) is 0 Å². The van der Waals surface area contributed by atoms with Gasteiger partial charge >= 0.3 is 0 Å². The number of anilines is 2. The predicted molar refractivity (Wildman–Crippen MR) is 75.9 cm³/mol. The predicted octanol–water partition coefficient (Wildman–Crippen LogP) is 0.516. The molecule has 104 valence electrons. The second kappa shape index (κ2) is 5.88. The smallest absolute Gasteiger partial charge is 0.252 e. The number of aromatic nitrogens is 1. The third-order valence-electron chi connectivity index (χ3n) is 3.55. The zero-order chi connectivity index (χ0) is 13.8. The van der Waals surface area contributed by atoms with Crippen molar-refractivity contribution in [3.05, 3.63) is 17.8 Å². The summed E-state index contributed by atoms with van der Waals surface area (Å²) >= 11 is 0.